The van der Waals surface area contributed by atoms with Crippen LogP contribution in [-0.2, 0) is 9.59 Å². The van der Waals surface area contributed by atoms with E-state index in [0.29, 0.717) is 0 Å². The van der Waals surface area contributed by atoms with Gasteiger partial charge in [0.1, 0.15) is 5.57 Å². The summed E-state index contributed by atoms with van der Waals surface area (Å²) in [6.07, 6.45) is 0. The van der Waals surface area contributed by atoms with Gasteiger partial charge in [-0.05, 0) is 39.3 Å². The van der Waals surface area contributed by atoms with Crippen LogP contribution in [0.2, 0.25) is 0 Å². The van der Waals surface area contributed by atoms with Gasteiger partial charge in [-0.2, -0.15) is 0 Å². The number of benzene rings is 1. The van der Waals surface area contributed by atoms with Crippen LogP contribution in [0.5, 0.6) is 0 Å². The van der Waals surface area contributed by atoms with Crippen molar-refractivity contribution >= 4 is 17.5 Å². The van der Waals surface area contributed by atoms with Crippen molar-refractivity contribution in [3.63, 3.8) is 0 Å². The van der Waals surface area contributed by atoms with Crippen LogP contribution >= 0.6 is 0 Å². The monoisotopic (exact) mass is 244 g/mol. The number of carbonyl (C=O) groups is 2. The molecule has 94 valence electrons. The van der Waals surface area contributed by atoms with E-state index in [2.05, 4.69) is 5.43 Å². The average Bonchev–Trinajstić information content (AvgIpc) is 2.54. The third-order valence-electron chi connectivity index (χ3n) is 2.95. The number of amides is 2. The minimum atomic E-state index is -0.333. The summed E-state index contributed by atoms with van der Waals surface area (Å²) >= 11 is 0. The fourth-order valence-corrected chi connectivity index (χ4v) is 2.08. The predicted octanol–water partition coefficient (Wildman–Crippen LogP) is 2.02. The van der Waals surface area contributed by atoms with Crippen molar-refractivity contribution < 1.29 is 9.59 Å². The molecule has 0 unspecified atom stereocenters. The molecule has 0 aliphatic carbocycles. The summed E-state index contributed by atoms with van der Waals surface area (Å²) in [5, 5.41) is 1.32. The standard InChI is InChI=1S/C14H16N2O2/c1-8(2)12-13(17)15-16(14(12)18)11-6-5-9(3)7-10(11)4/h5-7H,1-4H3,(H,15,17). The van der Waals surface area contributed by atoms with Crippen molar-refractivity contribution in [3.05, 3.63) is 40.5 Å². The normalized spacial score (nSPS) is 15.1. The van der Waals surface area contributed by atoms with Crippen LogP contribution in [0, 0.1) is 13.8 Å². The van der Waals surface area contributed by atoms with Gasteiger partial charge in [0.2, 0.25) is 0 Å². The quantitative estimate of drug-likeness (QED) is 0.607. The maximum absolute atomic E-state index is 12.2. The first kappa shape index (κ1) is 12.4. The molecule has 1 fully saturated rings. The highest BCUT2D eigenvalue weighted by Gasteiger charge is 2.35. The van der Waals surface area contributed by atoms with Gasteiger partial charge in [-0.25, -0.2) is 5.01 Å². The summed E-state index contributed by atoms with van der Waals surface area (Å²) in [4.78, 5) is 23.9. The number of hydrazine groups is 1. The van der Waals surface area contributed by atoms with E-state index in [-0.39, 0.29) is 17.4 Å². The van der Waals surface area contributed by atoms with Crippen molar-refractivity contribution in [1.29, 1.82) is 0 Å². The second-order valence-electron chi connectivity index (χ2n) is 4.75. The minimum Gasteiger partial charge on any atom is -0.267 e. The average molecular weight is 244 g/mol. The molecule has 1 saturated heterocycles. The highest BCUT2D eigenvalue weighted by atomic mass is 16.2. The van der Waals surface area contributed by atoms with Crippen LogP contribution in [-0.4, -0.2) is 11.8 Å². The first-order chi connectivity index (χ1) is 8.41. The van der Waals surface area contributed by atoms with Gasteiger partial charge in [-0.15, -0.1) is 0 Å². The van der Waals surface area contributed by atoms with E-state index >= 15 is 0 Å². The Hall–Kier alpha value is -2.10. The molecule has 1 N–H and O–H groups in total. The molecule has 2 rings (SSSR count). The van der Waals surface area contributed by atoms with Crippen LogP contribution in [0.1, 0.15) is 25.0 Å². The Bertz CT molecular complexity index is 569. The zero-order chi connectivity index (χ0) is 13.4. The van der Waals surface area contributed by atoms with E-state index in [1.54, 1.807) is 13.8 Å². The Kier molecular flexibility index (Phi) is 2.95. The Labute approximate surface area is 106 Å². The smallest absolute Gasteiger partial charge is 0.267 e. The Morgan fingerprint density at radius 3 is 2.33 bits per heavy atom. The van der Waals surface area contributed by atoms with E-state index in [0.717, 1.165) is 22.4 Å². The summed E-state index contributed by atoms with van der Waals surface area (Å²) in [6, 6.07) is 5.74. The van der Waals surface area contributed by atoms with Gasteiger partial charge >= 0.3 is 0 Å². The summed E-state index contributed by atoms with van der Waals surface area (Å²) in [5.41, 5.74) is 6.35. The van der Waals surface area contributed by atoms with Crippen molar-refractivity contribution in [2.24, 2.45) is 0 Å². The molecule has 0 bridgehead atoms. The number of nitrogens with zero attached hydrogens (tertiary/aromatic N) is 1. The number of allylic oxidation sites excluding steroid dienone is 1. The lowest BCUT2D eigenvalue weighted by Gasteiger charge is -2.17. The van der Waals surface area contributed by atoms with Crippen LogP contribution in [0.3, 0.4) is 0 Å². The van der Waals surface area contributed by atoms with Crippen molar-refractivity contribution in [2.45, 2.75) is 27.7 Å². The summed E-state index contributed by atoms with van der Waals surface area (Å²) in [5.74, 6) is -0.619. The van der Waals surface area contributed by atoms with Gasteiger partial charge in [-0.3, -0.25) is 15.0 Å². The second kappa shape index (κ2) is 4.29. The van der Waals surface area contributed by atoms with Gasteiger partial charge in [-0.1, -0.05) is 23.3 Å². The van der Waals surface area contributed by atoms with Gasteiger partial charge in [0, 0.05) is 0 Å². The number of rotatable bonds is 1. The molecule has 1 aromatic carbocycles. The van der Waals surface area contributed by atoms with Crippen molar-refractivity contribution in [1.82, 2.24) is 5.43 Å². The highest BCUT2D eigenvalue weighted by Crippen LogP contribution is 2.25. The van der Waals surface area contributed by atoms with E-state index in [1.807, 2.05) is 32.0 Å². The first-order valence-electron chi connectivity index (χ1n) is 5.82. The molecule has 2 amide bonds. The number of anilines is 1. The molecule has 0 atom stereocenters. The molecule has 0 spiro atoms. The number of hydrogen-bond acceptors (Lipinski definition) is 2. The lowest BCUT2D eigenvalue weighted by atomic mass is 10.1. The molecular weight excluding hydrogens is 228 g/mol. The summed E-state index contributed by atoms with van der Waals surface area (Å²) in [7, 11) is 0. The van der Waals surface area contributed by atoms with Crippen LogP contribution in [0.15, 0.2) is 29.3 Å². The summed E-state index contributed by atoms with van der Waals surface area (Å²) < 4.78 is 0. The van der Waals surface area contributed by atoms with Crippen molar-refractivity contribution in [2.75, 3.05) is 5.01 Å². The maximum Gasteiger partial charge on any atom is 0.282 e. The van der Waals surface area contributed by atoms with E-state index < -0.39 is 0 Å². The number of aryl methyl sites for hydroxylation is 2. The molecule has 4 nitrogen and oxygen atoms in total. The van der Waals surface area contributed by atoms with Crippen LogP contribution in [0.4, 0.5) is 5.69 Å². The van der Waals surface area contributed by atoms with Gasteiger partial charge in [0.15, 0.2) is 0 Å². The fourth-order valence-electron chi connectivity index (χ4n) is 2.08. The number of nitrogens with one attached hydrogen (secondary N) is 1. The molecule has 1 aliphatic heterocycles. The molecule has 0 saturated carbocycles. The van der Waals surface area contributed by atoms with Gasteiger partial charge < -0.3 is 0 Å². The largest absolute Gasteiger partial charge is 0.282 e. The third-order valence-corrected chi connectivity index (χ3v) is 2.95. The molecule has 0 radical (unpaired) electrons. The third kappa shape index (κ3) is 1.90. The molecule has 4 heteroatoms. The zero-order valence-electron chi connectivity index (χ0n) is 11.0. The maximum atomic E-state index is 12.2. The fraction of sp³-hybridized carbons (Fsp3) is 0.286. The zero-order valence-corrected chi connectivity index (χ0v) is 11.0. The lowest BCUT2D eigenvalue weighted by Crippen LogP contribution is -2.36. The predicted molar refractivity (Wildman–Crippen MR) is 69.9 cm³/mol. The molecule has 1 heterocycles. The lowest BCUT2D eigenvalue weighted by molar-refractivity contribution is -0.117. The minimum absolute atomic E-state index is 0.231. The van der Waals surface area contributed by atoms with E-state index in [9.17, 15) is 9.59 Å². The highest BCUT2D eigenvalue weighted by molar-refractivity contribution is 6.29. The Morgan fingerprint density at radius 1 is 1.17 bits per heavy atom. The van der Waals surface area contributed by atoms with Gasteiger partial charge in [0.05, 0.1) is 5.69 Å². The number of carbonyl (C=O) groups excluding carboxylic acids is 2. The summed E-state index contributed by atoms with van der Waals surface area (Å²) in [6.45, 7) is 7.43. The van der Waals surface area contributed by atoms with Crippen LogP contribution in [0.25, 0.3) is 0 Å². The van der Waals surface area contributed by atoms with E-state index in [1.165, 1.54) is 5.01 Å². The van der Waals surface area contributed by atoms with Crippen LogP contribution < -0.4 is 10.4 Å². The van der Waals surface area contributed by atoms with E-state index in [4.69, 9.17) is 0 Å². The second-order valence-corrected chi connectivity index (χ2v) is 4.75. The molecule has 1 aromatic rings. The van der Waals surface area contributed by atoms with Gasteiger partial charge in [0.25, 0.3) is 11.8 Å². The topological polar surface area (TPSA) is 49.4 Å². The molecule has 1 aliphatic rings. The van der Waals surface area contributed by atoms with Crippen molar-refractivity contribution in [3.8, 4) is 0 Å². The molecule has 0 aromatic heterocycles. The Balaban J connectivity index is 2.46. The first-order valence-corrected chi connectivity index (χ1v) is 5.82. The molecule has 18 heavy (non-hydrogen) atoms. The molecular formula is C14H16N2O2. The number of hydrogen-bond donors (Lipinski definition) is 1. The SMILES string of the molecule is CC(C)=C1C(=O)NN(c2ccc(C)cc2C)C1=O. The Morgan fingerprint density at radius 2 is 1.83 bits per heavy atom.